The van der Waals surface area contributed by atoms with E-state index in [1.165, 1.54) is 5.56 Å². The van der Waals surface area contributed by atoms with Crippen LogP contribution in [0.15, 0.2) is 48.8 Å². The van der Waals surface area contributed by atoms with Gasteiger partial charge in [-0.1, -0.05) is 35.9 Å². The number of benzene rings is 1. The molecule has 2 aromatic rings. The molecular formula is C14H13NO. The molecule has 0 fully saturated rings. The molecule has 2 heteroatoms. The molecule has 0 saturated heterocycles. The lowest BCUT2D eigenvalue weighted by atomic mass is 9.93. The standard InChI is InChI=1S/C14H13NO/c1-11-4-6-12(7-5-11)14(10-16)13-3-2-8-15-9-13/h2-10,14H,1H3. The van der Waals surface area contributed by atoms with Crippen LogP contribution in [0.3, 0.4) is 0 Å². The third-order valence-corrected chi connectivity index (χ3v) is 2.62. The van der Waals surface area contributed by atoms with Gasteiger partial charge in [-0.25, -0.2) is 0 Å². The normalized spacial score (nSPS) is 12.1. The minimum absolute atomic E-state index is 0.214. The molecule has 80 valence electrons. The summed E-state index contributed by atoms with van der Waals surface area (Å²) >= 11 is 0. The van der Waals surface area contributed by atoms with Crippen LogP contribution in [-0.4, -0.2) is 11.3 Å². The highest BCUT2D eigenvalue weighted by Gasteiger charge is 2.12. The molecule has 0 spiro atoms. The van der Waals surface area contributed by atoms with Crippen molar-refractivity contribution in [1.82, 2.24) is 4.98 Å². The van der Waals surface area contributed by atoms with Gasteiger partial charge in [0.05, 0.1) is 5.92 Å². The van der Waals surface area contributed by atoms with Gasteiger partial charge in [0.2, 0.25) is 0 Å². The van der Waals surface area contributed by atoms with Crippen LogP contribution >= 0.6 is 0 Å². The SMILES string of the molecule is Cc1ccc(C(C=O)c2cccnc2)cc1. The first-order valence-corrected chi connectivity index (χ1v) is 5.23. The molecule has 0 amide bonds. The number of rotatable bonds is 3. The van der Waals surface area contributed by atoms with Crippen molar-refractivity contribution >= 4 is 6.29 Å². The van der Waals surface area contributed by atoms with Crippen LogP contribution < -0.4 is 0 Å². The Morgan fingerprint density at radius 3 is 2.44 bits per heavy atom. The van der Waals surface area contributed by atoms with Gasteiger partial charge in [-0.2, -0.15) is 0 Å². The van der Waals surface area contributed by atoms with Gasteiger partial charge in [0.1, 0.15) is 6.29 Å². The van der Waals surface area contributed by atoms with Gasteiger partial charge < -0.3 is 4.79 Å². The number of nitrogens with zero attached hydrogens (tertiary/aromatic N) is 1. The minimum atomic E-state index is -0.214. The topological polar surface area (TPSA) is 30.0 Å². The number of aldehydes is 1. The summed E-state index contributed by atoms with van der Waals surface area (Å²) in [5.41, 5.74) is 3.13. The Morgan fingerprint density at radius 2 is 1.88 bits per heavy atom. The van der Waals surface area contributed by atoms with Crippen molar-refractivity contribution in [2.75, 3.05) is 0 Å². The molecule has 16 heavy (non-hydrogen) atoms. The van der Waals surface area contributed by atoms with E-state index in [1.54, 1.807) is 12.4 Å². The lowest BCUT2D eigenvalue weighted by Gasteiger charge is -2.10. The zero-order chi connectivity index (χ0) is 11.4. The van der Waals surface area contributed by atoms with Crippen LogP contribution in [0.2, 0.25) is 0 Å². The van der Waals surface area contributed by atoms with Crippen LogP contribution in [0, 0.1) is 6.92 Å². The fourth-order valence-corrected chi connectivity index (χ4v) is 1.68. The van der Waals surface area contributed by atoms with E-state index in [9.17, 15) is 4.79 Å². The van der Waals surface area contributed by atoms with Gasteiger partial charge in [-0.15, -0.1) is 0 Å². The zero-order valence-electron chi connectivity index (χ0n) is 9.13. The lowest BCUT2D eigenvalue weighted by molar-refractivity contribution is -0.108. The van der Waals surface area contributed by atoms with Gasteiger partial charge in [0, 0.05) is 12.4 Å². The average Bonchev–Trinajstić information content (AvgIpc) is 2.34. The second kappa shape index (κ2) is 4.71. The maximum Gasteiger partial charge on any atom is 0.131 e. The van der Waals surface area contributed by atoms with E-state index in [2.05, 4.69) is 4.98 Å². The molecule has 1 heterocycles. The predicted molar refractivity (Wildman–Crippen MR) is 63.3 cm³/mol. The molecule has 2 nitrogen and oxygen atoms in total. The summed E-state index contributed by atoms with van der Waals surface area (Å²) in [7, 11) is 0. The minimum Gasteiger partial charge on any atom is -0.302 e. The monoisotopic (exact) mass is 211 g/mol. The smallest absolute Gasteiger partial charge is 0.131 e. The van der Waals surface area contributed by atoms with E-state index in [0.717, 1.165) is 17.4 Å². The Hall–Kier alpha value is -1.96. The summed E-state index contributed by atoms with van der Waals surface area (Å²) in [4.78, 5) is 15.2. The number of aromatic nitrogens is 1. The summed E-state index contributed by atoms with van der Waals surface area (Å²) in [5, 5.41) is 0. The molecule has 0 saturated carbocycles. The lowest BCUT2D eigenvalue weighted by Crippen LogP contribution is -2.02. The number of hydrogen-bond donors (Lipinski definition) is 0. The van der Waals surface area contributed by atoms with Crippen molar-refractivity contribution < 1.29 is 4.79 Å². The molecule has 1 aromatic heterocycles. The fraction of sp³-hybridized carbons (Fsp3) is 0.143. The first-order chi connectivity index (χ1) is 7.81. The summed E-state index contributed by atoms with van der Waals surface area (Å²) in [6.45, 7) is 2.03. The highest BCUT2D eigenvalue weighted by Crippen LogP contribution is 2.21. The molecule has 0 aliphatic carbocycles. The van der Waals surface area contributed by atoms with Gasteiger partial charge in [0.25, 0.3) is 0 Å². The first kappa shape index (κ1) is 10.6. The maximum atomic E-state index is 11.2. The summed E-state index contributed by atoms with van der Waals surface area (Å²) < 4.78 is 0. The van der Waals surface area contributed by atoms with Crippen LogP contribution in [0.4, 0.5) is 0 Å². The zero-order valence-corrected chi connectivity index (χ0v) is 9.13. The highest BCUT2D eigenvalue weighted by atomic mass is 16.1. The molecule has 0 bridgehead atoms. The second-order valence-electron chi connectivity index (χ2n) is 3.81. The fourth-order valence-electron chi connectivity index (χ4n) is 1.68. The van der Waals surface area contributed by atoms with Crippen LogP contribution in [0.25, 0.3) is 0 Å². The second-order valence-corrected chi connectivity index (χ2v) is 3.81. The third kappa shape index (κ3) is 2.16. The number of carbonyl (C=O) groups excluding carboxylic acids is 1. The van der Waals surface area contributed by atoms with Crippen molar-refractivity contribution in [2.24, 2.45) is 0 Å². The summed E-state index contributed by atoms with van der Waals surface area (Å²) in [5.74, 6) is -0.214. The van der Waals surface area contributed by atoms with E-state index in [1.807, 2.05) is 43.3 Å². The summed E-state index contributed by atoms with van der Waals surface area (Å²) in [6, 6.07) is 11.8. The van der Waals surface area contributed by atoms with E-state index >= 15 is 0 Å². The molecule has 1 atom stereocenters. The van der Waals surface area contributed by atoms with Gasteiger partial charge in [0.15, 0.2) is 0 Å². The average molecular weight is 211 g/mol. The molecular weight excluding hydrogens is 198 g/mol. The molecule has 2 rings (SSSR count). The molecule has 0 aliphatic heterocycles. The quantitative estimate of drug-likeness (QED) is 0.731. The number of aryl methyl sites for hydroxylation is 1. The summed E-state index contributed by atoms with van der Waals surface area (Å²) in [6.07, 6.45) is 4.40. The Labute approximate surface area is 95.0 Å². The number of carbonyl (C=O) groups is 1. The van der Waals surface area contributed by atoms with Crippen molar-refractivity contribution in [3.05, 3.63) is 65.5 Å². The first-order valence-electron chi connectivity index (χ1n) is 5.23. The van der Waals surface area contributed by atoms with Crippen molar-refractivity contribution in [2.45, 2.75) is 12.8 Å². The van der Waals surface area contributed by atoms with E-state index in [-0.39, 0.29) is 5.92 Å². The van der Waals surface area contributed by atoms with Crippen molar-refractivity contribution in [1.29, 1.82) is 0 Å². The van der Waals surface area contributed by atoms with Crippen molar-refractivity contribution in [3.63, 3.8) is 0 Å². The van der Waals surface area contributed by atoms with Crippen LogP contribution in [0.1, 0.15) is 22.6 Å². The molecule has 0 aliphatic rings. The van der Waals surface area contributed by atoms with Gasteiger partial charge >= 0.3 is 0 Å². The Balaban J connectivity index is 2.37. The van der Waals surface area contributed by atoms with Crippen LogP contribution in [0.5, 0.6) is 0 Å². The van der Waals surface area contributed by atoms with E-state index in [4.69, 9.17) is 0 Å². The van der Waals surface area contributed by atoms with Gasteiger partial charge in [-0.05, 0) is 24.1 Å². The number of pyridine rings is 1. The molecule has 1 unspecified atom stereocenters. The Morgan fingerprint density at radius 1 is 1.12 bits per heavy atom. The Bertz CT molecular complexity index is 462. The van der Waals surface area contributed by atoms with Gasteiger partial charge in [-0.3, -0.25) is 4.98 Å². The number of hydrogen-bond acceptors (Lipinski definition) is 2. The Kier molecular flexibility index (Phi) is 3.10. The molecule has 0 N–H and O–H groups in total. The van der Waals surface area contributed by atoms with Crippen molar-refractivity contribution in [3.8, 4) is 0 Å². The maximum absolute atomic E-state index is 11.2. The largest absolute Gasteiger partial charge is 0.302 e. The molecule has 0 radical (unpaired) electrons. The third-order valence-electron chi connectivity index (χ3n) is 2.62. The highest BCUT2D eigenvalue weighted by molar-refractivity contribution is 5.68. The van der Waals surface area contributed by atoms with E-state index in [0.29, 0.717) is 0 Å². The van der Waals surface area contributed by atoms with Crippen LogP contribution in [-0.2, 0) is 4.79 Å². The molecule has 1 aromatic carbocycles. The predicted octanol–water partition coefficient (Wildman–Crippen LogP) is 2.72. The van der Waals surface area contributed by atoms with E-state index < -0.39 is 0 Å².